The Hall–Kier alpha value is -1.17. The van der Waals surface area contributed by atoms with E-state index in [9.17, 15) is 8.42 Å². The summed E-state index contributed by atoms with van der Waals surface area (Å²) in [6.45, 7) is 1.87. The summed E-state index contributed by atoms with van der Waals surface area (Å²) in [6, 6.07) is 16.1. The largest absolute Gasteiger partial charge is 0.241 e. The monoisotopic (exact) mass is 353 g/mol. The van der Waals surface area contributed by atoms with Gasteiger partial charge in [0.05, 0.1) is 10.9 Å². The van der Waals surface area contributed by atoms with Gasteiger partial charge in [-0.25, -0.2) is 13.1 Å². The van der Waals surface area contributed by atoms with E-state index in [-0.39, 0.29) is 6.04 Å². The molecule has 5 heteroatoms. The molecule has 0 spiro atoms. The summed E-state index contributed by atoms with van der Waals surface area (Å²) < 4.78 is 27.5. The Balaban J connectivity index is 2.27. The number of alkyl halides is 1. The van der Waals surface area contributed by atoms with Crippen molar-refractivity contribution in [2.24, 2.45) is 0 Å². The van der Waals surface area contributed by atoms with Crippen molar-refractivity contribution < 1.29 is 8.42 Å². The fourth-order valence-electron chi connectivity index (χ4n) is 1.91. The third-order valence-electron chi connectivity index (χ3n) is 2.95. The van der Waals surface area contributed by atoms with E-state index in [2.05, 4.69) is 20.7 Å². The fourth-order valence-corrected chi connectivity index (χ4v) is 3.99. The van der Waals surface area contributed by atoms with Crippen LogP contribution < -0.4 is 4.72 Å². The number of nitrogens with one attached hydrogen (secondary N) is 1. The number of rotatable bonds is 5. The highest BCUT2D eigenvalue weighted by Gasteiger charge is 2.20. The quantitative estimate of drug-likeness (QED) is 0.837. The van der Waals surface area contributed by atoms with Gasteiger partial charge in [0.25, 0.3) is 0 Å². The van der Waals surface area contributed by atoms with E-state index in [1.807, 2.05) is 43.3 Å². The SMILES string of the molecule is Cc1cccc(S(=O)(=O)NC(CBr)c2ccccc2)c1. The molecule has 0 radical (unpaired) electrons. The molecule has 0 saturated carbocycles. The molecule has 1 atom stereocenters. The molecule has 1 N–H and O–H groups in total. The number of aryl methyl sites for hydroxylation is 1. The van der Waals surface area contributed by atoms with Crippen LogP contribution in [0.25, 0.3) is 0 Å². The van der Waals surface area contributed by atoms with Crippen molar-refractivity contribution in [1.82, 2.24) is 4.72 Å². The van der Waals surface area contributed by atoms with Crippen LogP contribution in [0.5, 0.6) is 0 Å². The predicted octanol–water partition coefficient (Wildman–Crippen LogP) is 3.41. The topological polar surface area (TPSA) is 46.2 Å². The summed E-state index contributed by atoms with van der Waals surface area (Å²) >= 11 is 3.37. The standard InChI is InChI=1S/C15H16BrNO2S/c1-12-6-5-9-14(10-12)20(18,19)17-15(11-16)13-7-3-2-4-8-13/h2-10,15,17H,11H2,1H3. The summed E-state index contributed by atoms with van der Waals surface area (Å²) in [4.78, 5) is 0.291. The van der Waals surface area contributed by atoms with Crippen LogP contribution in [-0.4, -0.2) is 13.7 Å². The summed E-state index contributed by atoms with van der Waals surface area (Å²) in [5, 5.41) is 0.516. The Morgan fingerprint density at radius 2 is 1.80 bits per heavy atom. The van der Waals surface area contributed by atoms with Crippen molar-refractivity contribution in [2.75, 3.05) is 5.33 Å². The van der Waals surface area contributed by atoms with Gasteiger partial charge in [0.2, 0.25) is 10.0 Å². The highest BCUT2D eigenvalue weighted by Crippen LogP contribution is 2.19. The number of hydrogen-bond acceptors (Lipinski definition) is 2. The number of hydrogen-bond donors (Lipinski definition) is 1. The Morgan fingerprint density at radius 3 is 2.40 bits per heavy atom. The number of sulfonamides is 1. The van der Waals surface area contributed by atoms with E-state index in [4.69, 9.17) is 0 Å². The first kappa shape index (κ1) is 15.2. The molecular weight excluding hydrogens is 338 g/mol. The van der Waals surface area contributed by atoms with E-state index in [1.54, 1.807) is 18.2 Å². The van der Waals surface area contributed by atoms with Gasteiger partial charge in [0.15, 0.2) is 0 Å². The minimum atomic E-state index is -3.52. The van der Waals surface area contributed by atoms with Crippen LogP contribution in [0.2, 0.25) is 0 Å². The zero-order chi connectivity index (χ0) is 14.6. The van der Waals surface area contributed by atoms with Crippen LogP contribution in [0.3, 0.4) is 0 Å². The molecule has 1 unspecified atom stereocenters. The number of halogens is 1. The Morgan fingerprint density at radius 1 is 1.10 bits per heavy atom. The van der Waals surface area contributed by atoms with Crippen LogP contribution in [-0.2, 0) is 10.0 Å². The molecule has 0 saturated heterocycles. The van der Waals surface area contributed by atoms with Crippen molar-refractivity contribution in [3.05, 3.63) is 65.7 Å². The zero-order valence-corrected chi connectivity index (χ0v) is 13.5. The van der Waals surface area contributed by atoms with Crippen molar-refractivity contribution in [3.63, 3.8) is 0 Å². The van der Waals surface area contributed by atoms with E-state index in [0.29, 0.717) is 10.2 Å². The molecule has 0 bridgehead atoms. The van der Waals surface area contributed by atoms with Crippen LogP contribution >= 0.6 is 15.9 Å². The van der Waals surface area contributed by atoms with Gasteiger partial charge >= 0.3 is 0 Å². The zero-order valence-electron chi connectivity index (χ0n) is 11.1. The van der Waals surface area contributed by atoms with Gasteiger partial charge in [-0.2, -0.15) is 0 Å². The van der Waals surface area contributed by atoms with E-state index in [0.717, 1.165) is 11.1 Å². The summed E-state index contributed by atoms with van der Waals surface area (Å²) in [6.07, 6.45) is 0. The maximum absolute atomic E-state index is 12.4. The van der Waals surface area contributed by atoms with Gasteiger partial charge < -0.3 is 0 Å². The highest BCUT2D eigenvalue weighted by atomic mass is 79.9. The van der Waals surface area contributed by atoms with E-state index < -0.39 is 10.0 Å². The molecule has 0 heterocycles. The Kier molecular flexibility index (Phi) is 4.96. The second-order valence-electron chi connectivity index (χ2n) is 4.56. The summed E-state index contributed by atoms with van der Waals surface area (Å²) in [5.74, 6) is 0. The van der Waals surface area contributed by atoms with Crippen LogP contribution in [0.4, 0.5) is 0 Å². The lowest BCUT2D eigenvalue weighted by atomic mass is 10.1. The molecule has 2 rings (SSSR count). The van der Waals surface area contributed by atoms with Crippen molar-refractivity contribution >= 4 is 26.0 Å². The molecule has 2 aromatic carbocycles. The molecule has 20 heavy (non-hydrogen) atoms. The third-order valence-corrected chi connectivity index (χ3v) is 5.07. The first-order valence-corrected chi connectivity index (χ1v) is 8.83. The van der Waals surface area contributed by atoms with Crippen LogP contribution in [0.15, 0.2) is 59.5 Å². The minimum absolute atomic E-state index is 0.290. The molecular formula is C15H16BrNO2S. The van der Waals surface area contributed by atoms with Gasteiger partial charge in [-0.15, -0.1) is 0 Å². The van der Waals surface area contributed by atoms with Gasteiger partial charge in [-0.1, -0.05) is 58.4 Å². The highest BCUT2D eigenvalue weighted by molar-refractivity contribution is 9.09. The van der Waals surface area contributed by atoms with Crippen molar-refractivity contribution in [2.45, 2.75) is 17.9 Å². The summed E-state index contributed by atoms with van der Waals surface area (Å²) in [5.41, 5.74) is 1.85. The van der Waals surface area contributed by atoms with Crippen LogP contribution in [0, 0.1) is 6.92 Å². The van der Waals surface area contributed by atoms with Gasteiger partial charge in [0, 0.05) is 5.33 Å². The van der Waals surface area contributed by atoms with Gasteiger partial charge in [-0.05, 0) is 30.2 Å². The number of benzene rings is 2. The maximum atomic E-state index is 12.4. The van der Waals surface area contributed by atoms with Crippen molar-refractivity contribution in [3.8, 4) is 0 Å². The predicted molar refractivity (Wildman–Crippen MR) is 84.5 cm³/mol. The molecule has 0 aromatic heterocycles. The molecule has 0 amide bonds. The molecule has 2 aromatic rings. The lowest BCUT2D eigenvalue weighted by molar-refractivity contribution is 0.568. The van der Waals surface area contributed by atoms with E-state index >= 15 is 0 Å². The van der Waals surface area contributed by atoms with Gasteiger partial charge in [-0.3, -0.25) is 0 Å². The molecule has 0 aliphatic carbocycles. The molecule has 106 valence electrons. The average Bonchev–Trinajstić information content (AvgIpc) is 2.46. The van der Waals surface area contributed by atoms with Crippen LogP contribution in [0.1, 0.15) is 17.2 Å². The maximum Gasteiger partial charge on any atom is 0.241 e. The smallest absolute Gasteiger partial charge is 0.207 e. The first-order chi connectivity index (χ1) is 9.53. The van der Waals surface area contributed by atoms with Crippen molar-refractivity contribution in [1.29, 1.82) is 0 Å². The molecule has 3 nitrogen and oxygen atoms in total. The molecule has 0 aliphatic rings. The third kappa shape index (κ3) is 3.69. The molecule has 0 fully saturated rings. The fraction of sp³-hybridized carbons (Fsp3) is 0.200. The normalized spacial score (nSPS) is 13.1. The lowest BCUT2D eigenvalue weighted by Gasteiger charge is -2.17. The Labute approximate surface area is 128 Å². The minimum Gasteiger partial charge on any atom is -0.207 e. The lowest BCUT2D eigenvalue weighted by Crippen LogP contribution is -2.29. The average molecular weight is 354 g/mol. The summed E-state index contributed by atoms with van der Waals surface area (Å²) in [7, 11) is -3.52. The van der Waals surface area contributed by atoms with E-state index in [1.165, 1.54) is 0 Å². The first-order valence-electron chi connectivity index (χ1n) is 6.23. The van der Waals surface area contributed by atoms with Gasteiger partial charge in [0.1, 0.15) is 0 Å². The second kappa shape index (κ2) is 6.52. The second-order valence-corrected chi connectivity index (χ2v) is 6.92. The molecule has 0 aliphatic heterocycles. The Bertz CT molecular complexity index is 671.